The van der Waals surface area contributed by atoms with Gasteiger partial charge in [-0.15, -0.1) is 20.4 Å². The number of aryl methyl sites for hydroxylation is 2. The molecule has 0 aliphatic rings. The predicted molar refractivity (Wildman–Crippen MR) is 107 cm³/mol. The van der Waals surface area contributed by atoms with Crippen LogP contribution in [0.4, 0.5) is 5.13 Å². The summed E-state index contributed by atoms with van der Waals surface area (Å²) in [6, 6.07) is 7.75. The highest BCUT2D eigenvalue weighted by Gasteiger charge is 2.15. The molecule has 140 valence electrons. The van der Waals surface area contributed by atoms with Gasteiger partial charge < -0.3 is 5.32 Å². The summed E-state index contributed by atoms with van der Waals surface area (Å²) < 4.78 is 0.970. The minimum Gasteiger partial charge on any atom is -0.352 e. The van der Waals surface area contributed by atoms with Crippen LogP contribution in [-0.4, -0.2) is 32.2 Å². The van der Waals surface area contributed by atoms with Gasteiger partial charge >= 0.3 is 0 Å². The maximum atomic E-state index is 12.1. The standard InChI is InChI=1S/C16H15BrN6O2S2/c1-9-20-23-16(26-9)19-14(25)15-22-21-13(27-15)6-5-12(24)18-8-10-3-2-4-11(17)7-10/h2-4,7H,5-6,8H2,1H3,(H,18,24)(H,19,23,25). The van der Waals surface area contributed by atoms with E-state index in [0.717, 1.165) is 26.4 Å². The van der Waals surface area contributed by atoms with Crippen LogP contribution in [0.15, 0.2) is 28.7 Å². The second-order valence-corrected chi connectivity index (χ2v) is 8.65. The van der Waals surface area contributed by atoms with Gasteiger partial charge in [0.2, 0.25) is 16.0 Å². The third kappa shape index (κ3) is 5.88. The highest BCUT2D eigenvalue weighted by Crippen LogP contribution is 2.17. The van der Waals surface area contributed by atoms with Crippen LogP contribution in [0.5, 0.6) is 0 Å². The Balaban J connectivity index is 1.46. The van der Waals surface area contributed by atoms with Gasteiger partial charge in [-0.1, -0.05) is 50.7 Å². The Kier molecular flexibility index (Phi) is 6.58. The van der Waals surface area contributed by atoms with Gasteiger partial charge in [-0.3, -0.25) is 14.9 Å². The molecule has 8 nitrogen and oxygen atoms in total. The maximum Gasteiger partial charge on any atom is 0.288 e. The van der Waals surface area contributed by atoms with Crippen LogP contribution < -0.4 is 10.6 Å². The number of amides is 2. The van der Waals surface area contributed by atoms with Crippen molar-refractivity contribution in [3.8, 4) is 0 Å². The van der Waals surface area contributed by atoms with Gasteiger partial charge in [0.1, 0.15) is 10.0 Å². The van der Waals surface area contributed by atoms with E-state index >= 15 is 0 Å². The number of rotatable bonds is 7. The summed E-state index contributed by atoms with van der Waals surface area (Å²) in [5.74, 6) is -0.463. The van der Waals surface area contributed by atoms with E-state index in [-0.39, 0.29) is 23.2 Å². The highest BCUT2D eigenvalue weighted by atomic mass is 79.9. The first-order chi connectivity index (χ1) is 13.0. The van der Waals surface area contributed by atoms with Crippen LogP contribution in [0, 0.1) is 6.92 Å². The third-order valence-corrected chi connectivity index (χ3v) is 5.58. The number of carbonyl (C=O) groups excluding carboxylic acids is 2. The summed E-state index contributed by atoms with van der Waals surface area (Å²) in [5.41, 5.74) is 1.01. The predicted octanol–water partition coefficient (Wildman–Crippen LogP) is 2.96. The second kappa shape index (κ2) is 9.11. The fourth-order valence-electron chi connectivity index (χ4n) is 2.10. The molecule has 2 N–H and O–H groups in total. The molecule has 0 unspecified atom stereocenters. The second-order valence-electron chi connectivity index (χ2n) is 5.49. The number of aromatic nitrogens is 4. The van der Waals surface area contributed by atoms with Gasteiger partial charge in [0.25, 0.3) is 5.91 Å². The third-order valence-electron chi connectivity index (χ3n) is 3.35. The van der Waals surface area contributed by atoms with Gasteiger partial charge in [-0.2, -0.15) is 0 Å². The minimum absolute atomic E-state index is 0.0829. The number of halogens is 1. The number of anilines is 1. The Bertz CT molecular complexity index is 958. The van der Waals surface area contributed by atoms with Crippen LogP contribution in [-0.2, 0) is 17.8 Å². The Morgan fingerprint density at radius 3 is 2.74 bits per heavy atom. The van der Waals surface area contributed by atoms with Crippen molar-refractivity contribution in [2.45, 2.75) is 26.3 Å². The monoisotopic (exact) mass is 466 g/mol. The molecule has 0 atom stereocenters. The van der Waals surface area contributed by atoms with Crippen molar-refractivity contribution < 1.29 is 9.59 Å². The SMILES string of the molecule is Cc1nnc(NC(=O)c2nnc(CCC(=O)NCc3cccc(Br)c3)s2)s1. The first-order valence-corrected chi connectivity index (χ1v) is 10.4. The van der Waals surface area contributed by atoms with Gasteiger partial charge in [-0.05, 0) is 24.6 Å². The van der Waals surface area contributed by atoms with Crippen molar-refractivity contribution in [2.75, 3.05) is 5.32 Å². The first kappa shape index (κ1) is 19.5. The Labute approximate surface area is 171 Å². The van der Waals surface area contributed by atoms with Crippen LogP contribution in [0.25, 0.3) is 0 Å². The highest BCUT2D eigenvalue weighted by molar-refractivity contribution is 9.10. The number of hydrogen-bond donors (Lipinski definition) is 2. The lowest BCUT2D eigenvalue weighted by Gasteiger charge is -2.05. The molecule has 0 spiro atoms. The minimum atomic E-state index is -0.381. The summed E-state index contributed by atoms with van der Waals surface area (Å²) in [6.45, 7) is 2.27. The fraction of sp³-hybridized carbons (Fsp3) is 0.250. The lowest BCUT2D eigenvalue weighted by Crippen LogP contribution is -2.22. The topological polar surface area (TPSA) is 110 Å². The van der Waals surface area contributed by atoms with Gasteiger partial charge in [0, 0.05) is 23.9 Å². The molecular formula is C16H15BrN6O2S2. The van der Waals surface area contributed by atoms with E-state index in [1.54, 1.807) is 6.92 Å². The van der Waals surface area contributed by atoms with Gasteiger partial charge in [-0.25, -0.2) is 0 Å². The molecule has 0 aliphatic heterocycles. The first-order valence-electron chi connectivity index (χ1n) is 7.94. The van der Waals surface area contributed by atoms with Gasteiger partial charge in [0.05, 0.1) is 0 Å². The van der Waals surface area contributed by atoms with Crippen molar-refractivity contribution in [3.05, 3.63) is 49.3 Å². The van der Waals surface area contributed by atoms with Crippen molar-refractivity contribution in [2.24, 2.45) is 0 Å². The van der Waals surface area contributed by atoms with E-state index in [1.807, 2.05) is 24.3 Å². The molecule has 0 aliphatic carbocycles. The van der Waals surface area contributed by atoms with E-state index < -0.39 is 0 Å². The molecule has 2 heterocycles. The van der Waals surface area contributed by atoms with Crippen LogP contribution in [0.2, 0.25) is 0 Å². The van der Waals surface area contributed by atoms with E-state index in [0.29, 0.717) is 23.1 Å². The molecule has 0 saturated heterocycles. The molecule has 0 bridgehead atoms. The van der Waals surface area contributed by atoms with E-state index in [4.69, 9.17) is 0 Å². The lowest BCUT2D eigenvalue weighted by molar-refractivity contribution is -0.121. The van der Waals surface area contributed by atoms with Crippen LogP contribution in [0.3, 0.4) is 0 Å². The average Bonchev–Trinajstić information content (AvgIpc) is 3.27. The lowest BCUT2D eigenvalue weighted by atomic mass is 10.2. The number of carbonyl (C=O) groups is 2. The quantitative estimate of drug-likeness (QED) is 0.553. The van der Waals surface area contributed by atoms with Crippen molar-refractivity contribution in [1.82, 2.24) is 25.7 Å². The van der Waals surface area contributed by atoms with E-state index in [2.05, 4.69) is 47.0 Å². The molecule has 11 heteroatoms. The number of nitrogens with one attached hydrogen (secondary N) is 2. The summed E-state index contributed by atoms with van der Waals surface area (Å²) in [5, 5.41) is 23.1. The summed E-state index contributed by atoms with van der Waals surface area (Å²) >= 11 is 5.84. The van der Waals surface area contributed by atoms with Crippen LogP contribution in [0.1, 0.15) is 31.8 Å². The zero-order chi connectivity index (χ0) is 19.2. The van der Waals surface area contributed by atoms with E-state index in [9.17, 15) is 9.59 Å². The zero-order valence-electron chi connectivity index (χ0n) is 14.2. The van der Waals surface area contributed by atoms with Crippen molar-refractivity contribution in [1.29, 1.82) is 0 Å². The van der Waals surface area contributed by atoms with Crippen molar-refractivity contribution >= 4 is 55.5 Å². The Hall–Kier alpha value is -2.24. The summed E-state index contributed by atoms with van der Waals surface area (Å²) in [7, 11) is 0. The molecule has 0 saturated carbocycles. The molecule has 2 amide bonds. The molecule has 0 fully saturated rings. The molecule has 0 radical (unpaired) electrons. The summed E-state index contributed by atoms with van der Waals surface area (Å²) in [4.78, 5) is 24.1. The molecular weight excluding hydrogens is 452 g/mol. The molecule has 1 aromatic carbocycles. The van der Waals surface area contributed by atoms with Crippen LogP contribution >= 0.6 is 38.6 Å². The number of nitrogens with zero attached hydrogens (tertiary/aromatic N) is 4. The maximum absolute atomic E-state index is 12.1. The molecule has 3 aromatic rings. The largest absolute Gasteiger partial charge is 0.352 e. The zero-order valence-corrected chi connectivity index (χ0v) is 17.4. The number of benzene rings is 1. The Morgan fingerprint density at radius 1 is 1.15 bits per heavy atom. The normalized spacial score (nSPS) is 10.6. The van der Waals surface area contributed by atoms with Crippen molar-refractivity contribution in [3.63, 3.8) is 0 Å². The fourth-order valence-corrected chi connectivity index (χ4v) is 3.87. The van der Waals surface area contributed by atoms with E-state index in [1.165, 1.54) is 11.3 Å². The van der Waals surface area contributed by atoms with Gasteiger partial charge in [0.15, 0.2) is 0 Å². The summed E-state index contributed by atoms with van der Waals surface area (Å²) in [6.07, 6.45) is 0.701. The number of hydrogen-bond acceptors (Lipinski definition) is 8. The molecule has 2 aromatic heterocycles. The Morgan fingerprint density at radius 2 is 2.00 bits per heavy atom. The molecule has 3 rings (SSSR count). The average molecular weight is 467 g/mol. The smallest absolute Gasteiger partial charge is 0.288 e. The molecule has 27 heavy (non-hydrogen) atoms.